The molecule has 2 N–H and O–H groups in total. The van der Waals surface area contributed by atoms with Crippen LogP contribution in [-0.4, -0.2) is 47.5 Å². The van der Waals surface area contributed by atoms with Crippen molar-refractivity contribution in [3.63, 3.8) is 0 Å². The number of rotatable bonds is 9. The number of nitrogens with one attached hydrogen (secondary N) is 2. The first kappa shape index (κ1) is 24.5. The first-order chi connectivity index (χ1) is 14.2. The molecule has 1 aliphatic heterocycles. The van der Waals surface area contributed by atoms with Gasteiger partial charge in [-0.3, -0.25) is 4.99 Å². The summed E-state index contributed by atoms with van der Waals surface area (Å²) in [6.45, 7) is 5.46. The highest BCUT2D eigenvalue weighted by Gasteiger charge is 2.22. The van der Waals surface area contributed by atoms with Gasteiger partial charge in [-0.15, -0.1) is 24.0 Å². The molecule has 0 saturated carbocycles. The number of hydrogen-bond acceptors (Lipinski definition) is 5. The van der Waals surface area contributed by atoms with Crippen molar-refractivity contribution in [2.45, 2.75) is 58.5 Å². The van der Waals surface area contributed by atoms with Crippen LogP contribution < -0.4 is 10.6 Å². The van der Waals surface area contributed by atoms with Crippen molar-refractivity contribution in [1.29, 1.82) is 0 Å². The SMILES string of the molecule is CCCOCc1ccccc1CNC(=NC)NC1CCc2nc(COC)nn2C1.I. The van der Waals surface area contributed by atoms with Crippen molar-refractivity contribution in [2.24, 2.45) is 4.99 Å². The zero-order valence-electron chi connectivity index (χ0n) is 18.1. The number of nitrogens with zero attached hydrogens (tertiary/aromatic N) is 4. The Balaban J connectivity index is 0.00000320. The molecule has 0 bridgehead atoms. The van der Waals surface area contributed by atoms with E-state index in [1.807, 2.05) is 4.68 Å². The number of halogens is 1. The van der Waals surface area contributed by atoms with Gasteiger partial charge in [0.15, 0.2) is 11.8 Å². The zero-order valence-corrected chi connectivity index (χ0v) is 20.4. The third-order valence-electron chi connectivity index (χ3n) is 4.91. The van der Waals surface area contributed by atoms with E-state index in [0.29, 0.717) is 19.8 Å². The summed E-state index contributed by atoms with van der Waals surface area (Å²) in [4.78, 5) is 8.92. The van der Waals surface area contributed by atoms with Gasteiger partial charge in [0.2, 0.25) is 0 Å². The highest BCUT2D eigenvalue weighted by Crippen LogP contribution is 2.14. The lowest BCUT2D eigenvalue weighted by atomic mass is 10.1. The van der Waals surface area contributed by atoms with E-state index in [2.05, 4.69) is 56.9 Å². The molecular formula is C21H33IN6O2. The minimum absolute atomic E-state index is 0. The standard InChI is InChI=1S/C21H32N6O2.HI/c1-4-11-29-14-17-8-6-5-7-16(17)12-23-21(22-2)24-18-9-10-20-25-19(15-28-3)26-27(20)13-18;/h5-8,18H,4,9-15H2,1-3H3,(H2,22,23,24);1H. The Morgan fingerprint density at radius 3 is 2.80 bits per heavy atom. The molecule has 0 amide bonds. The first-order valence-corrected chi connectivity index (χ1v) is 10.3. The fourth-order valence-corrected chi connectivity index (χ4v) is 3.43. The van der Waals surface area contributed by atoms with Crippen molar-refractivity contribution in [3.05, 3.63) is 47.0 Å². The van der Waals surface area contributed by atoms with E-state index in [4.69, 9.17) is 9.47 Å². The van der Waals surface area contributed by atoms with E-state index in [0.717, 1.165) is 50.0 Å². The molecule has 30 heavy (non-hydrogen) atoms. The Hall–Kier alpha value is -1.72. The molecule has 0 saturated heterocycles. The summed E-state index contributed by atoms with van der Waals surface area (Å²) in [5.74, 6) is 2.56. The molecule has 1 aliphatic rings. The molecule has 0 radical (unpaired) electrons. The maximum absolute atomic E-state index is 5.72. The first-order valence-electron chi connectivity index (χ1n) is 10.3. The van der Waals surface area contributed by atoms with Gasteiger partial charge in [-0.1, -0.05) is 31.2 Å². The molecule has 2 heterocycles. The Morgan fingerprint density at radius 2 is 2.07 bits per heavy atom. The molecule has 0 aliphatic carbocycles. The predicted octanol–water partition coefficient (Wildman–Crippen LogP) is 2.65. The zero-order chi connectivity index (χ0) is 20.5. The fourth-order valence-electron chi connectivity index (χ4n) is 3.43. The number of aromatic nitrogens is 3. The van der Waals surface area contributed by atoms with E-state index >= 15 is 0 Å². The van der Waals surface area contributed by atoms with Crippen LogP contribution in [-0.2, 0) is 42.2 Å². The van der Waals surface area contributed by atoms with Crippen LogP contribution in [0.5, 0.6) is 0 Å². The highest BCUT2D eigenvalue weighted by molar-refractivity contribution is 14.0. The summed E-state index contributed by atoms with van der Waals surface area (Å²) in [5, 5.41) is 11.5. The molecule has 0 spiro atoms. The quantitative estimate of drug-likeness (QED) is 0.225. The van der Waals surface area contributed by atoms with Gasteiger partial charge in [0.1, 0.15) is 12.4 Å². The Labute approximate surface area is 195 Å². The largest absolute Gasteiger partial charge is 0.377 e. The molecule has 1 aromatic carbocycles. The van der Waals surface area contributed by atoms with Crippen LogP contribution in [0.15, 0.2) is 29.3 Å². The van der Waals surface area contributed by atoms with Gasteiger partial charge < -0.3 is 20.1 Å². The van der Waals surface area contributed by atoms with Crippen LogP contribution in [0.4, 0.5) is 0 Å². The lowest BCUT2D eigenvalue weighted by Crippen LogP contribution is -2.46. The average molecular weight is 528 g/mol. The molecule has 9 heteroatoms. The van der Waals surface area contributed by atoms with Gasteiger partial charge in [-0.25, -0.2) is 9.67 Å². The third-order valence-corrected chi connectivity index (χ3v) is 4.91. The molecule has 1 unspecified atom stereocenters. The van der Waals surface area contributed by atoms with Gasteiger partial charge in [0, 0.05) is 39.8 Å². The second-order valence-corrected chi connectivity index (χ2v) is 7.19. The number of fused-ring (bicyclic) bond motifs is 1. The average Bonchev–Trinajstić information content (AvgIpc) is 3.14. The van der Waals surface area contributed by atoms with Crippen molar-refractivity contribution < 1.29 is 9.47 Å². The third kappa shape index (κ3) is 6.92. The maximum Gasteiger partial charge on any atom is 0.191 e. The number of guanidine groups is 1. The van der Waals surface area contributed by atoms with Crippen molar-refractivity contribution in [1.82, 2.24) is 25.4 Å². The van der Waals surface area contributed by atoms with E-state index in [9.17, 15) is 0 Å². The Kier molecular flexibility index (Phi) is 10.5. The summed E-state index contributed by atoms with van der Waals surface area (Å²) in [6, 6.07) is 8.62. The van der Waals surface area contributed by atoms with Gasteiger partial charge in [0.05, 0.1) is 13.2 Å². The maximum atomic E-state index is 5.72. The molecule has 1 aromatic heterocycles. The van der Waals surface area contributed by atoms with Crippen LogP contribution in [0.2, 0.25) is 0 Å². The van der Waals surface area contributed by atoms with Gasteiger partial charge in [-0.05, 0) is 24.0 Å². The highest BCUT2D eigenvalue weighted by atomic mass is 127. The van der Waals surface area contributed by atoms with Crippen LogP contribution >= 0.6 is 24.0 Å². The molecule has 2 aromatic rings. The second kappa shape index (κ2) is 12.9. The normalized spacial score (nSPS) is 16.0. The van der Waals surface area contributed by atoms with Gasteiger partial charge >= 0.3 is 0 Å². The molecular weight excluding hydrogens is 495 g/mol. The summed E-state index contributed by atoms with van der Waals surface area (Å²) < 4.78 is 12.8. The summed E-state index contributed by atoms with van der Waals surface area (Å²) in [5.41, 5.74) is 2.43. The number of hydrogen-bond donors (Lipinski definition) is 2. The van der Waals surface area contributed by atoms with Crippen LogP contribution in [0, 0.1) is 0 Å². The van der Waals surface area contributed by atoms with E-state index < -0.39 is 0 Å². The molecule has 3 rings (SSSR count). The van der Waals surface area contributed by atoms with E-state index in [1.54, 1.807) is 14.2 Å². The molecule has 1 atom stereocenters. The lowest BCUT2D eigenvalue weighted by Gasteiger charge is -2.25. The lowest BCUT2D eigenvalue weighted by molar-refractivity contribution is 0.121. The Morgan fingerprint density at radius 1 is 1.27 bits per heavy atom. The number of aliphatic imine (C=N–C) groups is 1. The van der Waals surface area contributed by atoms with Gasteiger partial charge in [-0.2, -0.15) is 5.10 Å². The minimum Gasteiger partial charge on any atom is -0.377 e. The van der Waals surface area contributed by atoms with Crippen LogP contribution in [0.3, 0.4) is 0 Å². The van der Waals surface area contributed by atoms with Crippen molar-refractivity contribution in [3.8, 4) is 0 Å². The topological polar surface area (TPSA) is 85.6 Å². The summed E-state index contributed by atoms with van der Waals surface area (Å²) >= 11 is 0. The van der Waals surface area contributed by atoms with Crippen LogP contribution in [0.25, 0.3) is 0 Å². The summed E-state index contributed by atoms with van der Waals surface area (Å²) in [7, 11) is 3.46. The summed E-state index contributed by atoms with van der Waals surface area (Å²) in [6.07, 6.45) is 2.91. The number of ether oxygens (including phenoxy) is 2. The van der Waals surface area contributed by atoms with Crippen molar-refractivity contribution in [2.75, 3.05) is 20.8 Å². The number of aryl methyl sites for hydroxylation is 1. The number of methoxy groups -OCH3 is 1. The smallest absolute Gasteiger partial charge is 0.191 e. The van der Waals surface area contributed by atoms with E-state index in [-0.39, 0.29) is 30.0 Å². The molecule has 166 valence electrons. The monoisotopic (exact) mass is 528 g/mol. The minimum atomic E-state index is 0. The fraction of sp³-hybridized carbons (Fsp3) is 0.571. The molecule has 8 nitrogen and oxygen atoms in total. The van der Waals surface area contributed by atoms with Crippen molar-refractivity contribution >= 4 is 29.9 Å². The van der Waals surface area contributed by atoms with E-state index in [1.165, 1.54) is 11.1 Å². The Bertz CT molecular complexity index is 811. The molecule has 0 fully saturated rings. The predicted molar refractivity (Wildman–Crippen MR) is 128 cm³/mol. The number of benzene rings is 1. The van der Waals surface area contributed by atoms with Crippen LogP contribution in [0.1, 0.15) is 42.5 Å². The van der Waals surface area contributed by atoms with Gasteiger partial charge in [0.25, 0.3) is 0 Å². The second-order valence-electron chi connectivity index (χ2n) is 7.19.